The van der Waals surface area contributed by atoms with Crippen molar-refractivity contribution in [3.8, 4) is 23.2 Å². The van der Waals surface area contributed by atoms with Crippen molar-refractivity contribution in [2.45, 2.75) is 6.92 Å². The molecule has 0 atom stereocenters. The molecule has 0 saturated carbocycles. The molecule has 4 heteroatoms. The molecule has 2 aromatic rings. The van der Waals surface area contributed by atoms with Gasteiger partial charge in [0.2, 0.25) is 0 Å². The van der Waals surface area contributed by atoms with Gasteiger partial charge >= 0.3 is 0 Å². The second kappa shape index (κ2) is 4.62. The van der Waals surface area contributed by atoms with Gasteiger partial charge in [-0.15, -0.1) is 0 Å². The first-order valence-corrected chi connectivity index (χ1v) is 5.11. The number of rotatable bonds is 2. The van der Waals surface area contributed by atoms with Crippen molar-refractivity contribution in [2.24, 2.45) is 0 Å². The van der Waals surface area contributed by atoms with Crippen molar-refractivity contribution in [1.82, 2.24) is 9.97 Å². The minimum absolute atomic E-state index is 0.445. The Morgan fingerprint density at radius 3 is 2.53 bits per heavy atom. The summed E-state index contributed by atoms with van der Waals surface area (Å²) in [5, 5.41) is 8.69. The van der Waals surface area contributed by atoms with Gasteiger partial charge in [-0.2, -0.15) is 5.26 Å². The maximum Gasteiger partial charge on any atom is 0.162 e. The molecule has 0 unspecified atom stereocenters. The van der Waals surface area contributed by atoms with E-state index in [0.717, 1.165) is 16.9 Å². The number of aryl methyl sites for hydroxylation is 1. The van der Waals surface area contributed by atoms with E-state index in [9.17, 15) is 0 Å². The molecule has 2 rings (SSSR count). The van der Waals surface area contributed by atoms with Gasteiger partial charge in [0.1, 0.15) is 11.8 Å². The normalized spacial score (nSPS) is 9.71. The maximum absolute atomic E-state index is 8.69. The van der Waals surface area contributed by atoms with Gasteiger partial charge in [0.25, 0.3) is 0 Å². The van der Waals surface area contributed by atoms with Crippen LogP contribution in [0.3, 0.4) is 0 Å². The molecule has 0 spiro atoms. The Labute approximate surface area is 99.5 Å². The highest BCUT2D eigenvalue weighted by atomic mass is 16.5. The van der Waals surface area contributed by atoms with E-state index in [-0.39, 0.29) is 0 Å². The topological polar surface area (TPSA) is 58.8 Å². The summed E-state index contributed by atoms with van der Waals surface area (Å²) in [6.45, 7) is 1.99. The van der Waals surface area contributed by atoms with Gasteiger partial charge < -0.3 is 4.74 Å². The summed E-state index contributed by atoms with van der Waals surface area (Å²) in [6, 6.07) is 7.79. The molecule has 4 nitrogen and oxygen atoms in total. The highest BCUT2D eigenvalue weighted by Crippen LogP contribution is 2.27. The van der Waals surface area contributed by atoms with Gasteiger partial charge in [-0.25, -0.2) is 9.97 Å². The highest BCUT2D eigenvalue weighted by molar-refractivity contribution is 5.65. The molecule has 1 aromatic heterocycles. The van der Waals surface area contributed by atoms with Crippen molar-refractivity contribution in [2.75, 3.05) is 7.11 Å². The molecule has 0 radical (unpaired) electrons. The predicted octanol–water partition coefficient (Wildman–Crippen LogP) is 2.33. The second-order valence-electron chi connectivity index (χ2n) is 3.61. The van der Waals surface area contributed by atoms with Gasteiger partial charge in [-0.1, -0.05) is 11.6 Å². The Morgan fingerprint density at radius 1 is 1.24 bits per heavy atom. The second-order valence-corrected chi connectivity index (χ2v) is 3.61. The van der Waals surface area contributed by atoms with E-state index in [1.54, 1.807) is 7.11 Å². The van der Waals surface area contributed by atoms with Gasteiger partial charge in [0, 0.05) is 12.4 Å². The average molecular weight is 225 g/mol. The highest BCUT2D eigenvalue weighted by Gasteiger charge is 2.08. The lowest BCUT2D eigenvalue weighted by Crippen LogP contribution is -1.94. The summed E-state index contributed by atoms with van der Waals surface area (Å²) in [5.41, 5.74) is 2.38. The lowest BCUT2D eigenvalue weighted by atomic mass is 10.1. The van der Waals surface area contributed by atoms with Gasteiger partial charge in [-0.3, -0.25) is 0 Å². The Balaban J connectivity index is 2.51. The summed E-state index contributed by atoms with van der Waals surface area (Å²) >= 11 is 0. The number of benzene rings is 1. The molecule has 1 aromatic carbocycles. The molecule has 0 aliphatic carbocycles. The van der Waals surface area contributed by atoms with Crippen LogP contribution in [0.1, 0.15) is 11.1 Å². The molecule has 0 bridgehead atoms. The minimum atomic E-state index is 0.445. The third-order valence-electron chi connectivity index (χ3n) is 2.38. The quantitative estimate of drug-likeness (QED) is 0.787. The number of nitriles is 1. The average Bonchev–Trinajstić information content (AvgIpc) is 2.39. The Hall–Kier alpha value is -2.41. The smallest absolute Gasteiger partial charge is 0.162 e. The molecule has 0 fully saturated rings. The van der Waals surface area contributed by atoms with Crippen LogP contribution in [0.4, 0.5) is 0 Å². The van der Waals surface area contributed by atoms with Crippen LogP contribution in [0.2, 0.25) is 0 Å². The van der Waals surface area contributed by atoms with Crippen molar-refractivity contribution in [1.29, 1.82) is 5.26 Å². The molecular weight excluding hydrogens is 214 g/mol. The number of hydrogen-bond donors (Lipinski definition) is 0. The zero-order chi connectivity index (χ0) is 12.3. The van der Waals surface area contributed by atoms with Crippen LogP contribution in [0.5, 0.6) is 5.75 Å². The van der Waals surface area contributed by atoms with E-state index in [0.29, 0.717) is 11.4 Å². The summed E-state index contributed by atoms with van der Waals surface area (Å²) in [6.07, 6.45) is 3.01. The number of methoxy groups -OCH3 is 1. The van der Waals surface area contributed by atoms with Crippen molar-refractivity contribution < 1.29 is 4.74 Å². The zero-order valence-electron chi connectivity index (χ0n) is 9.64. The van der Waals surface area contributed by atoms with Gasteiger partial charge in [0.15, 0.2) is 5.82 Å². The third-order valence-corrected chi connectivity index (χ3v) is 2.38. The lowest BCUT2D eigenvalue weighted by Gasteiger charge is -2.07. The molecule has 1 heterocycles. The third kappa shape index (κ3) is 2.23. The van der Waals surface area contributed by atoms with E-state index in [1.165, 1.54) is 12.4 Å². The van der Waals surface area contributed by atoms with Crippen LogP contribution in [-0.2, 0) is 0 Å². The van der Waals surface area contributed by atoms with Crippen LogP contribution in [0.15, 0.2) is 30.6 Å². The first-order valence-electron chi connectivity index (χ1n) is 5.11. The van der Waals surface area contributed by atoms with Crippen LogP contribution < -0.4 is 4.74 Å². The van der Waals surface area contributed by atoms with E-state index in [1.807, 2.05) is 31.2 Å². The molecule has 0 aliphatic heterocycles. The van der Waals surface area contributed by atoms with Crippen molar-refractivity contribution in [3.63, 3.8) is 0 Å². The molecule has 0 amide bonds. The first-order chi connectivity index (χ1) is 8.24. The van der Waals surface area contributed by atoms with Gasteiger partial charge in [0.05, 0.1) is 18.2 Å². The van der Waals surface area contributed by atoms with Crippen LogP contribution in [0.25, 0.3) is 11.4 Å². The minimum Gasteiger partial charge on any atom is -0.496 e. The molecule has 84 valence electrons. The van der Waals surface area contributed by atoms with Crippen molar-refractivity contribution in [3.05, 3.63) is 41.7 Å². The molecular formula is C13H11N3O. The number of hydrogen-bond acceptors (Lipinski definition) is 4. The Morgan fingerprint density at radius 2 is 1.94 bits per heavy atom. The monoisotopic (exact) mass is 225 g/mol. The number of nitrogens with zero attached hydrogens (tertiary/aromatic N) is 3. The fourth-order valence-electron chi connectivity index (χ4n) is 1.52. The summed E-state index contributed by atoms with van der Waals surface area (Å²) in [5.74, 6) is 1.28. The zero-order valence-corrected chi connectivity index (χ0v) is 9.64. The fraction of sp³-hybridized carbons (Fsp3) is 0.154. The SMILES string of the molecule is COc1ccc(C)cc1-c1ncc(C#N)cn1. The van der Waals surface area contributed by atoms with Crippen molar-refractivity contribution >= 4 is 0 Å². The van der Waals surface area contributed by atoms with E-state index >= 15 is 0 Å². The Bertz CT molecular complexity index is 570. The van der Waals surface area contributed by atoms with E-state index in [2.05, 4.69) is 9.97 Å². The van der Waals surface area contributed by atoms with Crippen LogP contribution in [-0.4, -0.2) is 17.1 Å². The molecule has 0 N–H and O–H groups in total. The van der Waals surface area contributed by atoms with Crippen LogP contribution in [0, 0.1) is 18.3 Å². The maximum atomic E-state index is 8.69. The predicted molar refractivity (Wildman–Crippen MR) is 63.5 cm³/mol. The number of ether oxygens (including phenoxy) is 1. The summed E-state index contributed by atoms with van der Waals surface area (Å²) in [7, 11) is 1.61. The fourth-order valence-corrected chi connectivity index (χ4v) is 1.52. The first kappa shape index (κ1) is 11.1. The lowest BCUT2D eigenvalue weighted by molar-refractivity contribution is 0.416. The molecule has 0 saturated heterocycles. The standard InChI is InChI=1S/C13H11N3O/c1-9-3-4-12(17-2)11(5-9)13-15-7-10(6-14)8-16-13/h3-5,7-8H,1-2H3. The van der Waals surface area contributed by atoms with Gasteiger partial charge in [-0.05, 0) is 19.1 Å². The Kier molecular flexibility index (Phi) is 3.01. The van der Waals surface area contributed by atoms with Crippen LogP contribution >= 0.6 is 0 Å². The summed E-state index contributed by atoms with van der Waals surface area (Å²) < 4.78 is 5.27. The molecule has 0 aliphatic rings. The molecule has 17 heavy (non-hydrogen) atoms. The number of aromatic nitrogens is 2. The van der Waals surface area contributed by atoms with E-state index < -0.39 is 0 Å². The van der Waals surface area contributed by atoms with E-state index in [4.69, 9.17) is 10.00 Å². The summed E-state index contributed by atoms with van der Waals surface area (Å²) in [4.78, 5) is 8.31. The largest absolute Gasteiger partial charge is 0.496 e.